The van der Waals surface area contributed by atoms with Gasteiger partial charge in [0.15, 0.2) is 5.95 Å². The van der Waals surface area contributed by atoms with Gasteiger partial charge in [-0.05, 0) is 6.61 Å². The van der Waals surface area contributed by atoms with Gasteiger partial charge in [-0.3, -0.25) is 0 Å². The number of hydrogen-bond acceptors (Lipinski definition) is 2. The molecule has 0 fully saturated rings. The molecule has 0 bridgehead atoms. The van der Waals surface area contributed by atoms with Crippen LogP contribution in [0.15, 0.2) is 5.95 Å². The van der Waals surface area contributed by atoms with Crippen LogP contribution in [0.25, 0.3) is 5.53 Å². The average molecular weight is 120 g/mol. The van der Waals surface area contributed by atoms with Crippen molar-refractivity contribution >= 4 is 5.87 Å². The zero-order valence-corrected chi connectivity index (χ0v) is 5.42. The first-order chi connectivity index (χ1) is 3.81. The maximum absolute atomic E-state index is 10.1. The van der Waals surface area contributed by atoms with Gasteiger partial charge in [-0.15, -0.1) is 4.79 Å². The Morgan fingerprint density at radius 1 is 1.89 bits per heavy atom. The van der Waals surface area contributed by atoms with Crippen molar-refractivity contribution in [3.8, 4) is 0 Å². The van der Waals surface area contributed by atoms with E-state index in [2.05, 4.69) is 9.53 Å². The van der Waals surface area contributed by atoms with Gasteiger partial charge in [-0.2, -0.15) is 0 Å². The summed E-state index contributed by atoms with van der Waals surface area (Å²) in [5, 5.41) is 10.1. The fourth-order valence-corrected chi connectivity index (χ4v) is 0.204. The molecule has 0 N–H and O–H groups in total. The normalized spacial score (nSPS) is 5.89. The molecule has 5 heteroatoms. The number of ether oxygens (including phenoxy) is 1. The predicted octanol–water partition coefficient (Wildman–Crippen LogP) is -3.87. The first-order valence-electron chi connectivity index (χ1n) is 2.08. The third kappa shape index (κ3) is 7.36. The van der Waals surface area contributed by atoms with Gasteiger partial charge in [0.1, 0.15) is 0 Å². The monoisotopic (exact) mass is 120 g/mol. The molecule has 0 aromatic rings. The molecule has 4 nitrogen and oxygen atoms in total. The third-order valence-corrected chi connectivity index (χ3v) is 0.417. The predicted molar refractivity (Wildman–Crippen MR) is 23.8 cm³/mol. The Kier molecular flexibility index (Phi) is 9.15. The van der Waals surface area contributed by atoms with Crippen molar-refractivity contribution in [1.29, 1.82) is 0 Å². The van der Waals surface area contributed by atoms with Crippen molar-refractivity contribution in [2.24, 2.45) is 0 Å². The van der Waals surface area contributed by atoms with Crippen molar-refractivity contribution in [2.75, 3.05) is 6.61 Å². The minimum absolute atomic E-state index is 0. The van der Waals surface area contributed by atoms with E-state index >= 15 is 0 Å². The maximum atomic E-state index is 10.1. The van der Waals surface area contributed by atoms with E-state index in [4.69, 9.17) is 5.53 Å². The van der Waals surface area contributed by atoms with Crippen LogP contribution in [0.1, 0.15) is 6.92 Å². The van der Waals surface area contributed by atoms with Crippen molar-refractivity contribution in [3.63, 3.8) is 0 Å². The van der Waals surface area contributed by atoms with E-state index in [0.717, 1.165) is 0 Å². The Bertz CT molecular complexity index is 147. The van der Waals surface area contributed by atoms with Crippen LogP contribution in [0, 0.1) is 0 Å². The summed E-state index contributed by atoms with van der Waals surface area (Å²) in [6.07, 6.45) is 0. The van der Waals surface area contributed by atoms with E-state index in [9.17, 15) is 5.11 Å². The molecule has 0 radical (unpaired) electrons. The van der Waals surface area contributed by atoms with Crippen molar-refractivity contribution in [3.05, 3.63) is 11.5 Å². The largest absolute Gasteiger partial charge is 1.00 e. The quantitative estimate of drug-likeness (QED) is 0.123. The molecular formula is C4H5LiN2O2. The van der Waals surface area contributed by atoms with Gasteiger partial charge in [0.25, 0.3) is 0 Å². The average Bonchev–Trinajstić information content (AvgIpc) is 1.68. The smallest absolute Gasteiger partial charge is 0.603 e. The van der Waals surface area contributed by atoms with Crippen LogP contribution in [0.3, 0.4) is 0 Å². The standard InChI is InChI=1S/C4H6N2O2.Li/c1-2-8-4(7)3-6-5;/h7H,2H2,1H3;/q;+1/p-1. The summed E-state index contributed by atoms with van der Waals surface area (Å²) in [6, 6.07) is 0. The summed E-state index contributed by atoms with van der Waals surface area (Å²) < 4.78 is 4.28. The molecule has 0 aromatic carbocycles. The molecular weight excluding hydrogens is 115 g/mol. The summed E-state index contributed by atoms with van der Waals surface area (Å²) in [7, 11) is 0. The Hall–Kier alpha value is -0.643. The first kappa shape index (κ1) is 11.2. The molecule has 0 rings (SSSR count). The van der Waals surface area contributed by atoms with Crippen molar-refractivity contribution in [2.45, 2.75) is 6.92 Å². The minimum atomic E-state index is -0.755. The number of rotatable bonds is 2. The first-order valence-corrected chi connectivity index (χ1v) is 2.08. The molecule has 44 valence electrons. The maximum Gasteiger partial charge on any atom is 1.00 e. The van der Waals surface area contributed by atoms with E-state index < -0.39 is 5.95 Å². The molecule has 0 atom stereocenters. The Morgan fingerprint density at radius 3 is 2.78 bits per heavy atom. The van der Waals surface area contributed by atoms with Crippen LogP contribution in [0.4, 0.5) is 0 Å². The van der Waals surface area contributed by atoms with Crippen LogP contribution >= 0.6 is 0 Å². The summed E-state index contributed by atoms with van der Waals surface area (Å²) in [6.45, 7) is 1.91. The molecule has 0 aliphatic heterocycles. The van der Waals surface area contributed by atoms with Gasteiger partial charge >= 0.3 is 24.7 Å². The van der Waals surface area contributed by atoms with Crippen LogP contribution in [0.5, 0.6) is 0 Å². The Morgan fingerprint density at radius 2 is 2.44 bits per heavy atom. The Labute approximate surface area is 64.9 Å². The summed E-state index contributed by atoms with van der Waals surface area (Å²) in [5.41, 5.74) is 7.68. The number of hydrogen-bond donors (Lipinski definition) is 0. The van der Waals surface area contributed by atoms with Gasteiger partial charge in [-0.25, -0.2) is 0 Å². The molecule has 9 heavy (non-hydrogen) atoms. The molecule has 0 saturated carbocycles. The van der Waals surface area contributed by atoms with E-state index in [1.54, 1.807) is 12.8 Å². The van der Waals surface area contributed by atoms with Gasteiger partial charge in [0.05, 0.1) is 0 Å². The molecule has 0 aliphatic carbocycles. The molecule has 0 aromatic heterocycles. The fourth-order valence-electron chi connectivity index (χ4n) is 0.204. The second-order valence-electron chi connectivity index (χ2n) is 0.932. The second-order valence-corrected chi connectivity index (χ2v) is 0.932. The van der Waals surface area contributed by atoms with Crippen LogP contribution < -0.4 is 24.0 Å². The van der Waals surface area contributed by atoms with Gasteiger partial charge in [0, 0.05) is 0 Å². The fraction of sp³-hybridized carbons (Fsp3) is 0.500. The zero-order valence-electron chi connectivity index (χ0n) is 5.42. The Balaban J connectivity index is 0. The molecule has 0 heterocycles. The minimum Gasteiger partial charge on any atom is -0.603 e. The van der Waals surface area contributed by atoms with Gasteiger partial charge < -0.3 is 15.4 Å². The van der Waals surface area contributed by atoms with Gasteiger partial charge in [0.2, 0.25) is 0 Å². The van der Waals surface area contributed by atoms with Crippen LogP contribution in [-0.4, -0.2) is 17.3 Å². The van der Waals surface area contributed by atoms with Crippen molar-refractivity contribution in [1.82, 2.24) is 0 Å². The van der Waals surface area contributed by atoms with Crippen LogP contribution in [-0.2, 0) is 4.74 Å². The second kappa shape index (κ2) is 7.36. The van der Waals surface area contributed by atoms with E-state index in [1.165, 1.54) is 0 Å². The topological polar surface area (TPSA) is 68.7 Å². The molecule has 0 saturated heterocycles. The molecule has 0 unspecified atom stereocenters. The zero-order chi connectivity index (χ0) is 6.41. The SMILES string of the molecule is CCOC([O-])=C=[N+]=[N-].[Li+]. The van der Waals surface area contributed by atoms with Crippen LogP contribution in [0.2, 0.25) is 0 Å². The van der Waals surface area contributed by atoms with E-state index in [1.807, 2.05) is 0 Å². The van der Waals surface area contributed by atoms with E-state index in [-0.39, 0.29) is 25.5 Å². The number of nitrogens with zero attached hydrogens (tertiary/aromatic N) is 2. The summed E-state index contributed by atoms with van der Waals surface area (Å²) >= 11 is 0. The molecule has 0 amide bonds. The van der Waals surface area contributed by atoms with Gasteiger partial charge in [-0.1, -0.05) is 6.92 Å². The summed E-state index contributed by atoms with van der Waals surface area (Å²) in [4.78, 5) is 2.33. The molecule has 0 spiro atoms. The summed E-state index contributed by atoms with van der Waals surface area (Å²) in [5.74, 6) is 0.911. The molecule has 0 aliphatic rings. The third-order valence-electron chi connectivity index (χ3n) is 0.417. The van der Waals surface area contributed by atoms with Crippen molar-refractivity contribution < 1.29 is 33.5 Å². The van der Waals surface area contributed by atoms with E-state index in [0.29, 0.717) is 0 Å².